The minimum atomic E-state index is -0.00683. The Morgan fingerprint density at radius 1 is 1.09 bits per heavy atom. The van der Waals surface area contributed by atoms with Gasteiger partial charge in [-0.3, -0.25) is 10.2 Å². The van der Waals surface area contributed by atoms with Gasteiger partial charge >= 0.3 is 0 Å². The molecule has 0 saturated carbocycles. The third kappa shape index (κ3) is 7.11. The number of methoxy groups -OCH3 is 2. The van der Waals surface area contributed by atoms with Crippen molar-refractivity contribution < 1.29 is 14.3 Å². The van der Waals surface area contributed by atoms with Crippen LogP contribution in [0.4, 0.5) is 5.82 Å². The second-order valence-electron chi connectivity index (χ2n) is 10.1. The summed E-state index contributed by atoms with van der Waals surface area (Å²) in [6, 6.07) is 3.84. The Labute approximate surface area is 197 Å². The minimum Gasteiger partial charge on any atom is -0.493 e. The summed E-state index contributed by atoms with van der Waals surface area (Å²) in [5.74, 6) is 2.19. The Balaban J connectivity index is 2.17. The summed E-state index contributed by atoms with van der Waals surface area (Å²) in [5.41, 5.74) is 1.92. The highest BCUT2D eigenvalue weighted by Gasteiger charge is 2.19. The van der Waals surface area contributed by atoms with Crippen LogP contribution >= 0.6 is 0 Å². The Bertz CT molecular complexity index is 1010. The van der Waals surface area contributed by atoms with Gasteiger partial charge in [-0.1, -0.05) is 34.6 Å². The van der Waals surface area contributed by atoms with Gasteiger partial charge in [-0.2, -0.15) is 0 Å². The van der Waals surface area contributed by atoms with Crippen LogP contribution in [-0.2, 0) is 4.79 Å². The lowest BCUT2D eigenvalue weighted by atomic mass is 9.92. The normalized spacial score (nSPS) is 12.6. The third-order valence-electron chi connectivity index (χ3n) is 5.72. The van der Waals surface area contributed by atoms with E-state index in [1.54, 1.807) is 14.2 Å². The topological polar surface area (TPSA) is 101 Å². The minimum absolute atomic E-state index is 0.00683. The number of benzene rings is 1. The third-order valence-corrected chi connectivity index (χ3v) is 5.72. The number of fused-ring (bicyclic) bond motifs is 1. The lowest BCUT2D eigenvalue weighted by Crippen LogP contribution is -2.30. The Morgan fingerprint density at radius 2 is 1.70 bits per heavy atom. The van der Waals surface area contributed by atoms with Crippen LogP contribution in [0.15, 0.2) is 12.1 Å². The van der Waals surface area contributed by atoms with Crippen LogP contribution in [0.25, 0.3) is 11.0 Å². The van der Waals surface area contributed by atoms with E-state index in [0.29, 0.717) is 48.2 Å². The number of aromatic nitrogens is 2. The Hall–Kier alpha value is -2.77. The van der Waals surface area contributed by atoms with Gasteiger partial charge in [0.05, 0.1) is 25.3 Å². The summed E-state index contributed by atoms with van der Waals surface area (Å²) in [7, 11) is 3.21. The predicted molar refractivity (Wildman–Crippen MR) is 133 cm³/mol. The van der Waals surface area contributed by atoms with Crippen LogP contribution in [0.2, 0.25) is 0 Å². The van der Waals surface area contributed by atoms with E-state index in [1.807, 2.05) is 16.7 Å². The number of nitrogens with one attached hydrogen (secondary N) is 3. The molecule has 3 N–H and O–H groups in total. The summed E-state index contributed by atoms with van der Waals surface area (Å²) in [6.07, 6.45) is 2.24. The van der Waals surface area contributed by atoms with Crippen LogP contribution in [-0.4, -0.2) is 42.8 Å². The maximum Gasteiger partial charge on any atom is 0.220 e. The molecule has 1 aromatic carbocycles. The van der Waals surface area contributed by atoms with E-state index in [0.717, 1.165) is 23.9 Å². The summed E-state index contributed by atoms with van der Waals surface area (Å²) >= 11 is 0. The number of hydrogen-bond donors (Lipinski definition) is 3. The Kier molecular flexibility index (Phi) is 9.14. The van der Waals surface area contributed by atoms with Crippen molar-refractivity contribution in [3.63, 3.8) is 0 Å². The highest BCUT2D eigenvalue weighted by molar-refractivity contribution is 5.81. The zero-order chi connectivity index (χ0) is 24.8. The van der Waals surface area contributed by atoms with Gasteiger partial charge in [-0.25, -0.2) is 4.98 Å². The molecule has 1 amide bonds. The first-order valence-corrected chi connectivity index (χ1v) is 11.7. The number of nitrogens with zero attached hydrogens (tertiary/aromatic N) is 2. The molecule has 0 saturated heterocycles. The maximum atomic E-state index is 12.0. The van der Waals surface area contributed by atoms with Crippen molar-refractivity contribution >= 4 is 22.8 Å². The van der Waals surface area contributed by atoms with E-state index >= 15 is 0 Å². The molecule has 0 fully saturated rings. The fourth-order valence-electron chi connectivity index (χ4n) is 3.62. The molecule has 1 unspecified atom stereocenters. The fraction of sp³-hybridized carbons (Fsp3) is 0.640. The highest BCUT2D eigenvalue weighted by Crippen LogP contribution is 2.33. The zero-order valence-electron chi connectivity index (χ0n) is 21.5. The quantitative estimate of drug-likeness (QED) is 0.430. The summed E-state index contributed by atoms with van der Waals surface area (Å²) in [4.78, 5) is 16.7. The van der Waals surface area contributed by atoms with E-state index in [-0.39, 0.29) is 17.4 Å². The fourth-order valence-corrected chi connectivity index (χ4v) is 3.62. The van der Waals surface area contributed by atoms with Crippen molar-refractivity contribution in [1.29, 1.82) is 5.41 Å². The molecule has 2 rings (SSSR count). The van der Waals surface area contributed by atoms with Crippen molar-refractivity contribution in [1.82, 2.24) is 14.9 Å². The molecule has 33 heavy (non-hydrogen) atoms. The Morgan fingerprint density at radius 3 is 2.27 bits per heavy atom. The lowest BCUT2D eigenvalue weighted by Gasteiger charge is -2.24. The van der Waals surface area contributed by atoms with Gasteiger partial charge in [0.15, 0.2) is 22.8 Å². The molecule has 184 valence electrons. The molecule has 0 spiro atoms. The molecule has 1 aromatic heterocycles. The molecule has 0 aliphatic rings. The van der Waals surface area contributed by atoms with Crippen molar-refractivity contribution in [2.45, 2.75) is 66.8 Å². The van der Waals surface area contributed by atoms with Gasteiger partial charge in [0.1, 0.15) is 0 Å². The largest absolute Gasteiger partial charge is 0.493 e. The van der Waals surface area contributed by atoms with Crippen molar-refractivity contribution in [2.75, 3.05) is 32.6 Å². The van der Waals surface area contributed by atoms with Crippen LogP contribution < -0.4 is 25.6 Å². The van der Waals surface area contributed by atoms with Crippen molar-refractivity contribution in [3.8, 4) is 11.5 Å². The maximum absolute atomic E-state index is 12.0. The number of anilines is 1. The molecule has 8 heteroatoms. The smallest absolute Gasteiger partial charge is 0.220 e. The van der Waals surface area contributed by atoms with Gasteiger partial charge in [0, 0.05) is 37.7 Å². The van der Waals surface area contributed by atoms with Gasteiger partial charge in [0.25, 0.3) is 0 Å². The van der Waals surface area contributed by atoms with Crippen molar-refractivity contribution in [3.05, 3.63) is 17.6 Å². The van der Waals surface area contributed by atoms with Gasteiger partial charge in [0.2, 0.25) is 5.91 Å². The van der Waals surface area contributed by atoms with E-state index in [4.69, 9.17) is 19.9 Å². The molecular formula is C25H41N5O3. The highest BCUT2D eigenvalue weighted by atomic mass is 16.5. The molecule has 8 nitrogen and oxygen atoms in total. The van der Waals surface area contributed by atoms with Crippen LogP contribution in [0, 0.1) is 16.7 Å². The summed E-state index contributed by atoms with van der Waals surface area (Å²) < 4.78 is 12.9. The molecular weight excluding hydrogens is 418 g/mol. The standard InChI is InChI=1S/C25H41N5O3/c1-16(2)17(3)30-19-14-21(33-8)20(32-7)13-18(19)29-24(23(30)26)28-12-10-9-11-27-22(31)15-25(4,5)6/h13-14,16-17,26H,9-12,15H2,1-8H3,(H,27,31)(H,28,29). The van der Waals surface area contributed by atoms with E-state index in [1.165, 1.54) is 0 Å². The second kappa shape index (κ2) is 11.4. The zero-order valence-corrected chi connectivity index (χ0v) is 21.5. The first kappa shape index (κ1) is 26.5. The molecule has 0 aliphatic heterocycles. The second-order valence-corrected chi connectivity index (χ2v) is 10.1. The number of carbonyl (C=O) groups is 1. The van der Waals surface area contributed by atoms with Gasteiger partial charge in [-0.15, -0.1) is 0 Å². The van der Waals surface area contributed by atoms with Crippen LogP contribution in [0.5, 0.6) is 11.5 Å². The summed E-state index contributed by atoms with van der Waals surface area (Å²) in [6.45, 7) is 13.9. The number of rotatable bonds is 11. The first-order valence-electron chi connectivity index (χ1n) is 11.7. The van der Waals surface area contributed by atoms with Crippen molar-refractivity contribution in [2.24, 2.45) is 11.3 Å². The first-order chi connectivity index (χ1) is 15.5. The SMILES string of the molecule is COc1cc2nc(NCCCCNC(=O)CC(C)(C)C)c(=N)n(C(C)C(C)C)c2cc1OC. The van der Waals surface area contributed by atoms with Gasteiger partial charge in [-0.05, 0) is 31.1 Å². The van der Waals surface area contributed by atoms with Crippen LogP contribution in [0.1, 0.15) is 66.8 Å². The molecule has 2 aromatic rings. The van der Waals surface area contributed by atoms with E-state index in [9.17, 15) is 4.79 Å². The number of ether oxygens (including phenoxy) is 2. The number of amides is 1. The number of unbranched alkanes of at least 4 members (excludes halogenated alkanes) is 1. The average Bonchev–Trinajstić information content (AvgIpc) is 2.73. The average molecular weight is 460 g/mol. The van der Waals surface area contributed by atoms with E-state index < -0.39 is 0 Å². The lowest BCUT2D eigenvalue weighted by molar-refractivity contribution is -0.122. The monoisotopic (exact) mass is 459 g/mol. The summed E-state index contributed by atoms with van der Waals surface area (Å²) in [5, 5.41) is 15.2. The number of carbonyl (C=O) groups excluding carboxylic acids is 1. The van der Waals surface area contributed by atoms with E-state index in [2.05, 4.69) is 52.2 Å². The molecule has 0 radical (unpaired) electrons. The predicted octanol–water partition coefficient (Wildman–Crippen LogP) is 4.49. The molecule has 0 aliphatic carbocycles. The number of hydrogen-bond acceptors (Lipinski definition) is 6. The van der Waals surface area contributed by atoms with Gasteiger partial charge < -0.3 is 24.7 Å². The van der Waals surface area contributed by atoms with Crippen LogP contribution in [0.3, 0.4) is 0 Å². The molecule has 0 bridgehead atoms. The molecule has 1 atom stereocenters. The molecule has 1 heterocycles.